The van der Waals surface area contributed by atoms with Crippen molar-refractivity contribution in [3.8, 4) is 0 Å². The van der Waals surface area contributed by atoms with E-state index in [0.717, 1.165) is 35.4 Å². The Labute approximate surface area is 173 Å². The van der Waals surface area contributed by atoms with Gasteiger partial charge in [-0.05, 0) is 75.1 Å². The number of hydrogen-bond donors (Lipinski definition) is 2. The highest BCUT2D eigenvalue weighted by atomic mass is 35.5. The zero-order valence-electron chi connectivity index (χ0n) is 16.7. The van der Waals surface area contributed by atoms with E-state index in [9.17, 15) is 4.79 Å². The van der Waals surface area contributed by atoms with Gasteiger partial charge in [0.1, 0.15) is 0 Å². The van der Waals surface area contributed by atoms with Gasteiger partial charge in [-0.25, -0.2) is 0 Å². The quantitative estimate of drug-likeness (QED) is 0.820. The van der Waals surface area contributed by atoms with E-state index in [1.807, 2.05) is 29.8 Å². The van der Waals surface area contributed by atoms with Crippen LogP contribution in [-0.2, 0) is 6.54 Å². The average Bonchev–Trinajstić information content (AvgIpc) is 2.93. The Morgan fingerprint density at radius 3 is 2.57 bits per heavy atom. The smallest absolute Gasteiger partial charge is 0.251 e. The lowest BCUT2D eigenvalue weighted by molar-refractivity contribution is 0.0756. The molecule has 2 saturated carbocycles. The summed E-state index contributed by atoms with van der Waals surface area (Å²) in [5.41, 5.74) is 10.2. The van der Waals surface area contributed by atoms with Gasteiger partial charge >= 0.3 is 0 Å². The number of halogens is 1. The molecule has 152 valence electrons. The summed E-state index contributed by atoms with van der Waals surface area (Å²) in [6, 6.07) is 10.6. The number of rotatable bonds is 4. The van der Waals surface area contributed by atoms with E-state index in [1.54, 1.807) is 0 Å². The minimum atomic E-state index is 0. The summed E-state index contributed by atoms with van der Waals surface area (Å²) in [5.74, 6) is 1.12. The summed E-state index contributed by atoms with van der Waals surface area (Å²) in [7, 11) is 0. The molecule has 4 rings (SSSR count). The molecule has 2 aliphatic carbocycles. The van der Waals surface area contributed by atoms with Gasteiger partial charge in [-0.2, -0.15) is 5.10 Å². The molecule has 2 fully saturated rings. The Morgan fingerprint density at radius 2 is 1.93 bits per heavy atom. The van der Waals surface area contributed by atoms with Crippen LogP contribution in [-0.4, -0.2) is 27.8 Å². The zero-order valence-corrected chi connectivity index (χ0v) is 17.5. The molecule has 3 N–H and O–H groups in total. The fourth-order valence-corrected chi connectivity index (χ4v) is 5.08. The van der Waals surface area contributed by atoms with E-state index in [-0.39, 0.29) is 24.4 Å². The van der Waals surface area contributed by atoms with E-state index in [0.29, 0.717) is 24.4 Å². The molecule has 1 heterocycles. The van der Waals surface area contributed by atoms with Crippen LogP contribution in [0.15, 0.2) is 30.3 Å². The number of aromatic nitrogens is 2. The standard InChI is InChI=1S/C22H30N4O.ClH/c1-14-9-15(2)26(25-14)13-16-5-3-8-19(10-16)22(27)24-21-17-6-4-7-18(21)12-20(23)11-17;/h3,5,8-10,17-18,20-21H,4,6-7,11-13,23H2,1-2H3,(H,24,27);1H. The minimum absolute atomic E-state index is 0. The van der Waals surface area contributed by atoms with Crippen LogP contribution in [0, 0.1) is 25.7 Å². The van der Waals surface area contributed by atoms with Gasteiger partial charge in [0.05, 0.1) is 12.2 Å². The molecule has 6 heteroatoms. The van der Waals surface area contributed by atoms with Crippen molar-refractivity contribution < 1.29 is 4.79 Å². The molecule has 2 bridgehead atoms. The lowest BCUT2D eigenvalue weighted by Crippen LogP contribution is -2.53. The van der Waals surface area contributed by atoms with Gasteiger partial charge in [-0.3, -0.25) is 9.48 Å². The minimum Gasteiger partial charge on any atom is -0.349 e. The van der Waals surface area contributed by atoms with E-state index in [1.165, 1.54) is 19.3 Å². The van der Waals surface area contributed by atoms with Crippen molar-refractivity contribution in [2.24, 2.45) is 17.6 Å². The normalized spacial score (nSPS) is 26.4. The molecule has 1 amide bonds. The molecule has 0 radical (unpaired) electrons. The van der Waals surface area contributed by atoms with Gasteiger partial charge < -0.3 is 11.1 Å². The van der Waals surface area contributed by atoms with Crippen molar-refractivity contribution in [3.05, 3.63) is 52.8 Å². The average molecular weight is 403 g/mol. The first-order chi connectivity index (χ1) is 13.0. The first-order valence-corrected chi connectivity index (χ1v) is 10.2. The van der Waals surface area contributed by atoms with Crippen LogP contribution in [0.2, 0.25) is 0 Å². The highest BCUT2D eigenvalue weighted by Gasteiger charge is 2.39. The number of fused-ring (bicyclic) bond motifs is 2. The molecule has 28 heavy (non-hydrogen) atoms. The Hall–Kier alpha value is -1.85. The van der Waals surface area contributed by atoms with Crippen LogP contribution in [0.25, 0.3) is 0 Å². The zero-order chi connectivity index (χ0) is 19.0. The van der Waals surface area contributed by atoms with Gasteiger partial charge in [0, 0.05) is 23.3 Å². The molecule has 0 saturated heterocycles. The number of nitrogens with two attached hydrogens (primary N) is 1. The van der Waals surface area contributed by atoms with Crippen LogP contribution >= 0.6 is 12.4 Å². The molecule has 1 aromatic heterocycles. The molecule has 2 aliphatic rings. The second-order valence-electron chi connectivity index (χ2n) is 8.47. The van der Waals surface area contributed by atoms with Gasteiger partial charge in [-0.15, -0.1) is 12.4 Å². The van der Waals surface area contributed by atoms with E-state index < -0.39 is 0 Å². The van der Waals surface area contributed by atoms with Gasteiger partial charge in [0.15, 0.2) is 0 Å². The predicted molar refractivity (Wildman–Crippen MR) is 114 cm³/mol. The number of amides is 1. The van der Waals surface area contributed by atoms with Crippen molar-refractivity contribution in [2.45, 2.75) is 64.6 Å². The third-order valence-corrected chi connectivity index (χ3v) is 6.30. The number of nitrogens with one attached hydrogen (secondary N) is 1. The topological polar surface area (TPSA) is 72.9 Å². The lowest BCUT2D eigenvalue weighted by Gasteiger charge is -2.45. The SMILES string of the molecule is Cc1cc(C)n(Cc2cccc(C(=O)NC3C4CCCC3CC(N)C4)c2)n1.Cl. The Morgan fingerprint density at radius 1 is 1.21 bits per heavy atom. The summed E-state index contributed by atoms with van der Waals surface area (Å²) in [6.07, 6.45) is 5.73. The molecule has 2 atom stereocenters. The van der Waals surface area contributed by atoms with Crippen LogP contribution in [0.3, 0.4) is 0 Å². The molecular formula is C22H31ClN4O. The molecular weight excluding hydrogens is 372 g/mol. The van der Waals surface area contributed by atoms with E-state index >= 15 is 0 Å². The van der Waals surface area contributed by atoms with Crippen molar-refractivity contribution in [1.82, 2.24) is 15.1 Å². The fourth-order valence-electron chi connectivity index (χ4n) is 5.08. The summed E-state index contributed by atoms with van der Waals surface area (Å²) in [4.78, 5) is 12.9. The van der Waals surface area contributed by atoms with Crippen LogP contribution in [0.4, 0.5) is 0 Å². The molecule has 1 aromatic carbocycles. The Balaban J connectivity index is 0.00000225. The van der Waals surface area contributed by atoms with Gasteiger partial charge in [0.2, 0.25) is 0 Å². The number of nitrogens with zero attached hydrogens (tertiary/aromatic N) is 2. The first kappa shape index (κ1) is 20.9. The first-order valence-electron chi connectivity index (χ1n) is 10.2. The number of aryl methyl sites for hydroxylation is 2. The third kappa shape index (κ3) is 4.41. The monoisotopic (exact) mass is 402 g/mol. The Kier molecular flexibility index (Phi) is 6.46. The number of hydrogen-bond acceptors (Lipinski definition) is 3. The van der Waals surface area contributed by atoms with Crippen LogP contribution in [0.5, 0.6) is 0 Å². The van der Waals surface area contributed by atoms with Gasteiger partial charge in [-0.1, -0.05) is 18.6 Å². The second kappa shape index (κ2) is 8.66. The second-order valence-corrected chi connectivity index (χ2v) is 8.47. The molecule has 2 unspecified atom stereocenters. The van der Waals surface area contributed by atoms with E-state index in [4.69, 9.17) is 5.73 Å². The highest BCUT2D eigenvalue weighted by Crippen LogP contribution is 2.39. The Bertz CT molecular complexity index is 820. The van der Waals surface area contributed by atoms with Crippen LogP contribution < -0.4 is 11.1 Å². The van der Waals surface area contributed by atoms with Crippen LogP contribution in [0.1, 0.15) is 59.4 Å². The number of benzene rings is 1. The number of carbonyl (C=O) groups is 1. The van der Waals surface area contributed by atoms with Crippen molar-refractivity contribution in [1.29, 1.82) is 0 Å². The molecule has 0 spiro atoms. The maximum Gasteiger partial charge on any atom is 0.251 e. The summed E-state index contributed by atoms with van der Waals surface area (Å²) < 4.78 is 1.99. The molecule has 5 nitrogen and oxygen atoms in total. The van der Waals surface area contributed by atoms with Crippen molar-refractivity contribution in [3.63, 3.8) is 0 Å². The number of carbonyl (C=O) groups excluding carboxylic acids is 1. The third-order valence-electron chi connectivity index (χ3n) is 6.30. The molecule has 0 aliphatic heterocycles. The largest absolute Gasteiger partial charge is 0.349 e. The maximum atomic E-state index is 12.9. The maximum absolute atomic E-state index is 12.9. The molecule has 2 aromatic rings. The summed E-state index contributed by atoms with van der Waals surface area (Å²) in [5, 5.41) is 7.87. The summed E-state index contributed by atoms with van der Waals surface area (Å²) in [6.45, 7) is 4.74. The predicted octanol–water partition coefficient (Wildman–Crippen LogP) is 3.61. The highest BCUT2D eigenvalue weighted by molar-refractivity contribution is 5.94. The van der Waals surface area contributed by atoms with Gasteiger partial charge in [0.25, 0.3) is 5.91 Å². The summed E-state index contributed by atoms with van der Waals surface area (Å²) >= 11 is 0. The van der Waals surface area contributed by atoms with Crippen molar-refractivity contribution >= 4 is 18.3 Å². The van der Waals surface area contributed by atoms with E-state index in [2.05, 4.69) is 29.5 Å². The fraction of sp³-hybridized carbons (Fsp3) is 0.545. The van der Waals surface area contributed by atoms with Crippen molar-refractivity contribution in [2.75, 3.05) is 0 Å². The lowest BCUT2D eigenvalue weighted by atomic mass is 9.67.